The van der Waals surface area contributed by atoms with Gasteiger partial charge in [0.2, 0.25) is 0 Å². The first kappa shape index (κ1) is 15.0. The van der Waals surface area contributed by atoms with Gasteiger partial charge in [-0.05, 0) is 38.3 Å². The molecule has 0 bridgehead atoms. The highest BCUT2D eigenvalue weighted by molar-refractivity contribution is 6.04. The van der Waals surface area contributed by atoms with Crippen LogP contribution in [-0.2, 0) is 0 Å². The summed E-state index contributed by atoms with van der Waals surface area (Å²) in [7, 11) is 0. The molecule has 0 spiro atoms. The van der Waals surface area contributed by atoms with Crippen LogP contribution in [0.1, 0.15) is 37.2 Å². The Labute approximate surface area is 131 Å². The standard InChI is InChI=1S/C17H24N4O/c1-12-6-5-9-21(10-12)11-13(2)18-17(22)16-14-7-3-4-8-15(14)19-20-16/h3-4,7-8,12-13H,5-6,9-11H2,1-2H3,(H,18,22)(H,19,20)/t12-,13-/m1/s1. The van der Waals surface area contributed by atoms with Crippen LogP contribution in [0.3, 0.4) is 0 Å². The van der Waals surface area contributed by atoms with Crippen molar-refractivity contribution in [2.45, 2.75) is 32.7 Å². The molecule has 2 heterocycles. The quantitative estimate of drug-likeness (QED) is 0.911. The van der Waals surface area contributed by atoms with E-state index in [1.54, 1.807) is 0 Å². The summed E-state index contributed by atoms with van der Waals surface area (Å²) >= 11 is 0. The van der Waals surface area contributed by atoms with Gasteiger partial charge >= 0.3 is 0 Å². The van der Waals surface area contributed by atoms with Crippen molar-refractivity contribution in [3.63, 3.8) is 0 Å². The molecule has 5 nitrogen and oxygen atoms in total. The smallest absolute Gasteiger partial charge is 0.272 e. The molecular weight excluding hydrogens is 276 g/mol. The molecule has 0 unspecified atom stereocenters. The van der Waals surface area contributed by atoms with Gasteiger partial charge in [-0.25, -0.2) is 0 Å². The molecule has 1 saturated heterocycles. The summed E-state index contributed by atoms with van der Waals surface area (Å²) in [5.74, 6) is 0.655. The van der Waals surface area contributed by atoms with Crippen LogP contribution in [0.25, 0.3) is 10.9 Å². The van der Waals surface area contributed by atoms with Crippen molar-refractivity contribution in [1.29, 1.82) is 0 Å². The van der Waals surface area contributed by atoms with Crippen molar-refractivity contribution >= 4 is 16.8 Å². The fraction of sp³-hybridized carbons (Fsp3) is 0.529. The lowest BCUT2D eigenvalue weighted by molar-refractivity contribution is 0.0916. The summed E-state index contributed by atoms with van der Waals surface area (Å²) in [6.45, 7) is 7.52. The van der Waals surface area contributed by atoms with Gasteiger partial charge in [0.05, 0.1) is 5.52 Å². The van der Waals surface area contributed by atoms with E-state index in [0.29, 0.717) is 5.69 Å². The third kappa shape index (κ3) is 3.30. The van der Waals surface area contributed by atoms with Gasteiger partial charge in [0.25, 0.3) is 5.91 Å². The van der Waals surface area contributed by atoms with Gasteiger partial charge in [-0.1, -0.05) is 25.1 Å². The molecule has 2 atom stereocenters. The van der Waals surface area contributed by atoms with Crippen molar-refractivity contribution in [3.8, 4) is 0 Å². The minimum Gasteiger partial charge on any atom is -0.347 e. The maximum absolute atomic E-state index is 12.4. The lowest BCUT2D eigenvalue weighted by atomic mass is 10.00. The molecule has 2 N–H and O–H groups in total. The first-order valence-corrected chi connectivity index (χ1v) is 8.10. The fourth-order valence-electron chi connectivity index (χ4n) is 3.31. The normalized spacial score (nSPS) is 20.9. The molecular formula is C17H24N4O. The highest BCUT2D eigenvalue weighted by Crippen LogP contribution is 2.17. The molecule has 22 heavy (non-hydrogen) atoms. The molecule has 1 aromatic heterocycles. The maximum Gasteiger partial charge on any atom is 0.272 e. The van der Waals surface area contributed by atoms with Gasteiger partial charge in [-0.2, -0.15) is 5.10 Å². The van der Waals surface area contributed by atoms with Gasteiger partial charge in [-0.3, -0.25) is 9.89 Å². The van der Waals surface area contributed by atoms with E-state index in [1.807, 2.05) is 24.3 Å². The first-order chi connectivity index (χ1) is 10.6. The summed E-state index contributed by atoms with van der Waals surface area (Å²) in [5, 5.41) is 11.0. The minimum absolute atomic E-state index is 0.102. The van der Waals surface area contributed by atoms with Gasteiger partial charge in [0.1, 0.15) is 0 Å². The topological polar surface area (TPSA) is 61.0 Å². The third-order valence-electron chi connectivity index (χ3n) is 4.34. The number of carbonyl (C=O) groups is 1. The van der Waals surface area contributed by atoms with Gasteiger partial charge < -0.3 is 10.2 Å². The highest BCUT2D eigenvalue weighted by Gasteiger charge is 2.20. The summed E-state index contributed by atoms with van der Waals surface area (Å²) in [4.78, 5) is 14.9. The zero-order valence-electron chi connectivity index (χ0n) is 13.3. The zero-order valence-corrected chi connectivity index (χ0v) is 13.3. The molecule has 0 radical (unpaired) electrons. The number of nitrogens with zero attached hydrogens (tertiary/aromatic N) is 2. The van der Waals surface area contributed by atoms with Crippen molar-refractivity contribution < 1.29 is 4.79 Å². The van der Waals surface area contributed by atoms with Crippen LogP contribution in [0.5, 0.6) is 0 Å². The van der Waals surface area contributed by atoms with E-state index in [-0.39, 0.29) is 11.9 Å². The summed E-state index contributed by atoms with van der Waals surface area (Å²) in [5.41, 5.74) is 1.37. The Balaban J connectivity index is 1.61. The predicted octanol–water partition coefficient (Wildman–Crippen LogP) is 2.41. The van der Waals surface area contributed by atoms with Crippen molar-refractivity contribution in [3.05, 3.63) is 30.0 Å². The lowest BCUT2D eigenvalue weighted by Gasteiger charge is -2.32. The third-order valence-corrected chi connectivity index (χ3v) is 4.34. The summed E-state index contributed by atoms with van der Waals surface area (Å²) < 4.78 is 0. The van der Waals surface area contributed by atoms with E-state index in [9.17, 15) is 4.79 Å². The van der Waals surface area contributed by atoms with Crippen LogP contribution in [0.15, 0.2) is 24.3 Å². The number of hydrogen-bond acceptors (Lipinski definition) is 3. The molecule has 1 amide bonds. The van der Waals surface area contributed by atoms with E-state index in [1.165, 1.54) is 12.8 Å². The second-order valence-electron chi connectivity index (χ2n) is 6.50. The molecule has 0 saturated carbocycles. The second kappa shape index (κ2) is 6.48. The fourth-order valence-corrected chi connectivity index (χ4v) is 3.31. The molecule has 118 valence electrons. The number of piperidine rings is 1. The van der Waals surface area contributed by atoms with Crippen LogP contribution < -0.4 is 5.32 Å². The molecule has 1 aliphatic rings. The number of para-hydroxylation sites is 1. The van der Waals surface area contributed by atoms with Gasteiger partial charge in [-0.15, -0.1) is 0 Å². The largest absolute Gasteiger partial charge is 0.347 e. The van der Waals surface area contributed by atoms with Gasteiger partial charge in [0, 0.05) is 24.5 Å². The van der Waals surface area contributed by atoms with Crippen molar-refractivity contribution in [2.24, 2.45) is 5.92 Å². The number of carbonyl (C=O) groups excluding carboxylic acids is 1. The van der Waals surface area contributed by atoms with Crippen molar-refractivity contribution in [2.75, 3.05) is 19.6 Å². The van der Waals surface area contributed by atoms with Crippen LogP contribution in [0, 0.1) is 5.92 Å². The van der Waals surface area contributed by atoms with E-state index >= 15 is 0 Å². The number of benzene rings is 1. The number of H-pyrrole nitrogens is 1. The zero-order chi connectivity index (χ0) is 15.5. The first-order valence-electron chi connectivity index (χ1n) is 8.10. The van der Waals surface area contributed by atoms with Crippen molar-refractivity contribution in [1.82, 2.24) is 20.4 Å². The Morgan fingerprint density at radius 2 is 2.32 bits per heavy atom. The van der Waals surface area contributed by atoms with E-state index in [4.69, 9.17) is 0 Å². The van der Waals surface area contributed by atoms with E-state index in [2.05, 4.69) is 34.3 Å². The number of hydrogen-bond donors (Lipinski definition) is 2. The van der Waals surface area contributed by atoms with Crippen LogP contribution in [-0.4, -0.2) is 46.7 Å². The molecule has 1 fully saturated rings. The van der Waals surface area contributed by atoms with Gasteiger partial charge in [0.15, 0.2) is 5.69 Å². The average Bonchev–Trinajstić information content (AvgIpc) is 2.91. The number of aromatic nitrogens is 2. The highest BCUT2D eigenvalue weighted by atomic mass is 16.2. The monoisotopic (exact) mass is 300 g/mol. The maximum atomic E-state index is 12.4. The number of fused-ring (bicyclic) bond motifs is 1. The van der Waals surface area contributed by atoms with Crippen LogP contribution in [0.4, 0.5) is 0 Å². The number of likely N-dealkylation sites (tertiary alicyclic amines) is 1. The summed E-state index contributed by atoms with van der Waals surface area (Å²) in [6.07, 6.45) is 2.57. The molecule has 0 aliphatic carbocycles. The molecule has 1 aliphatic heterocycles. The molecule has 1 aromatic carbocycles. The molecule has 3 rings (SSSR count). The SMILES string of the molecule is C[C@@H]1CCCN(C[C@@H](C)NC(=O)c2n[nH]c3ccccc23)C1. The number of amides is 1. The summed E-state index contributed by atoms with van der Waals surface area (Å²) in [6, 6.07) is 7.83. The Bertz CT molecular complexity index is 651. The van der Waals surface area contributed by atoms with Crippen LogP contribution in [0.2, 0.25) is 0 Å². The Morgan fingerprint density at radius 1 is 1.50 bits per heavy atom. The molecule has 2 aromatic rings. The number of rotatable bonds is 4. The van der Waals surface area contributed by atoms with Crippen LogP contribution >= 0.6 is 0 Å². The van der Waals surface area contributed by atoms with E-state index < -0.39 is 0 Å². The van der Waals surface area contributed by atoms with E-state index in [0.717, 1.165) is 36.5 Å². The predicted molar refractivity (Wildman–Crippen MR) is 87.9 cm³/mol. The minimum atomic E-state index is -0.102. The molecule has 5 heteroatoms. The Hall–Kier alpha value is -1.88. The number of aromatic amines is 1. The Kier molecular flexibility index (Phi) is 4.43. The number of nitrogens with one attached hydrogen (secondary N) is 2. The second-order valence-corrected chi connectivity index (χ2v) is 6.50. The average molecular weight is 300 g/mol. The Morgan fingerprint density at radius 3 is 3.14 bits per heavy atom. The lowest BCUT2D eigenvalue weighted by Crippen LogP contribution is -2.45.